The minimum absolute atomic E-state index is 0.775. The van der Waals surface area contributed by atoms with Crippen LogP contribution in [0, 0.1) is 6.92 Å². The van der Waals surface area contributed by atoms with Gasteiger partial charge in [-0.25, -0.2) is 4.98 Å². The van der Waals surface area contributed by atoms with Crippen LogP contribution in [-0.2, 0) is 6.54 Å². The van der Waals surface area contributed by atoms with E-state index in [4.69, 9.17) is 0 Å². The molecule has 3 rings (SSSR count). The average molecular weight is 287 g/mol. The number of benzene rings is 1. The summed E-state index contributed by atoms with van der Waals surface area (Å²) in [5.41, 5.74) is 3.45. The van der Waals surface area contributed by atoms with Gasteiger partial charge in [0.1, 0.15) is 0 Å². The molecule has 0 saturated heterocycles. The van der Waals surface area contributed by atoms with Crippen molar-refractivity contribution in [3.63, 3.8) is 0 Å². The Hall–Kier alpha value is -1.42. The molecule has 0 unspecified atom stereocenters. The number of para-hydroxylation sites is 1. The zero-order valence-electron chi connectivity index (χ0n) is 11.9. The number of aryl methyl sites for hydroxylation is 1. The average Bonchev–Trinajstić information content (AvgIpc) is 3.10. The summed E-state index contributed by atoms with van der Waals surface area (Å²) in [4.78, 5) is 8.83. The third-order valence-corrected chi connectivity index (χ3v) is 5.28. The van der Waals surface area contributed by atoms with Crippen molar-refractivity contribution in [3.8, 4) is 0 Å². The van der Waals surface area contributed by atoms with Crippen LogP contribution >= 0.6 is 11.8 Å². The molecule has 1 aliphatic rings. The molecule has 20 heavy (non-hydrogen) atoms. The third-order valence-electron chi connectivity index (χ3n) is 3.86. The van der Waals surface area contributed by atoms with Gasteiger partial charge in [-0.3, -0.25) is 0 Å². The van der Waals surface area contributed by atoms with Gasteiger partial charge >= 0.3 is 0 Å². The number of anilines is 1. The van der Waals surface area contributed by atoms with Crippen molar-refractivity contribution in [2.75, 3.05) is 5.32 Å². The van der Waals surface area contributed by atoms with E-state index in [1.807, 2.05) is 11.8 Å². The number of imidazole rings is 1. The van der Waals surface area contributed by atoms with E-state index in [0.29, 0.717) is 0 Å². The molecule has 1 aromatic carbocycles. The molecule has 3 nitrogen and oxygen atoms in total. The van der Waals surface area contributed by atoms with Gasteiger partial charge in [-0.1, -0.05) is 25.0 Å². The van der Waals surface area contributed by atoms with Gasteiger partial charge in [0.25, 0.3) is 0 Å². The molecule has 0 radical (unpaired) electrons. The Morgan fingerprint density at radius 3 is 2.85 bits per heavy atom. The Kier molecular flexibility index (Phi) is 4.31. The molecule has 1 aliphatic carbocycles. The molecular formula is C16H21N3S. The summed E-state index contributed by atoms with van der Waals surface area (Å²) in [6.07, 6.45) is 7.25. The number of hydrogen-bond acceptors (Lipinski definition) is 3. The highest BCUT2D eigenvalue weighted by Gasteiger charge is 2.17. The van der Waals surface area contributed by atoms with E-state index in [0.717, 1.165) is 23.2 Å². The Morgan fingerprint density at radius 2 is 2.10 bits per heavy atom. The Labute approximate surface area is 124 Å². The number of hydrogen-bond donors (Lipinski definition) is 2. The third kappa shape index (κ3) is 3.18. The summed E-state index contributed by atoms with van der Waals surface area (Å²) in [6, 6.07) is 8.61. The molecule has 0 amide bonds. The van der Waals surface area contributed by atoms with Crippen molar-refractivity contribution in [3.05, 3.63) is 42.0 Å². The lowest BCUT2D eigenvalue weighted by Crippen LogP contribution is -2.03. The van der Waals surface area contributed by atoms with Gasteiger partial charge in [0.05, 0.1) is 18.6 Å². The molecule has 0 aliphatic heterocycles. The summed E-state index contributed by atoms with van der Waals surface area (Å²) < 4.78 is 0. The Balaban J connectivity index is 1.67. The van der Waals surface area contributed by atoms with Crippen LogP contribution in [0.5, 0.6) is 0 Å². The maximum absolute atomic E-state index is 4.34. The first-order valence-electron chi connectivity index (χ1n) is 7.31. The fourth-order valence-electron chi connectivity index (χ4n) is 2.65. The number of aromatic nitrogens is 2. The predicted octanol–water partition coefficient (Wildman–Crippen LogP) is 4.36. The zero-order chi connectivity index (χ0) is 13.8. The minimum atomic E-state index is 0.775. The van der Waals surface area contributed by atoms with E-state index in [9.17, 15) is 0 Å². The van der Waals surface area contributed by atoms with E-state index in [1.54, 1.807) is 6.33 Å². The van der Waals surface area contributed by atoms with Crippen LogP contribution < -0.4 is 5.32 Å². The molecule has 0 atom stereocenters. The number of nitrogens with one attached hydrogen (secondary N) is 2. The molecule has 2 N–H and O–H groups in total. The summed E-state index contributed by atoms with van der Waals surface area (Å²) in [6.45, 7) is 2.83. The molecule has 1 fully saturated rings. The first-order chi connectivity index (χ1) is 9.83. The molecule has 0 spiro atoms. The predicted molar refractivity (Wildman–Crippen MR) is 85.2 cm³/mol. The van der Waals surface area contributed by atoms with E-state index in [1.165, 1.54) is 36.3 Å². The van der Waals surface area contributed by atoms with Crippen LogP contribution in [0.3, 0.4) is 0 Å². The van der Waals surface area contributed by atoms with Gasteiger partial charge in [0.2, 0.25) is 0 Å². The van der Waals surface area contributed by atoms with Crippen LogP contribution in [0.2, 0.25) is 0 Å². The van der Waals surface area contributed by atoms with Crippen LogP contribution in [0.1, 0.15) is 37.1 Å². The fraction of sp³-hybridized carbons (Fsp3) is 0.438. The summed E-state index contributed by atoms with van der Waals surface area (Å²) >= 11 is 2.03. The van der Waals surface area contributed by atoms with Gasteiger partial charge in [-0.05, 0) is 31.9 Å². The highest BCUT2D eigenvalue weighted by atomic mass is 32.2. The number of nitrogens with zero attached hydrogens (tertiary/aromatic N) is 1. The van der Waals surface area contributed by atoms with E-state index >= 15 is 0 Å². The summed E-state index contributed by atoms with van der Waals surface area (Å²) in [5.74, 6) is 0. The van der Waals surface area contributed by atoms with Crippen molar-refractivity contribution < 1.29 is 0 Å². The number of H-pyrrole nitrogens is 1. The zero-order valence-corrected chi connectivity index (χ0v) is 12.7. The summed E-state index contributed by atoms with van der Waals surface area (Å²) in [5, 5.41) is 4.32. The molecule has 4 heteroatoms. The first kappa shape index (κ1) is 13.6. The van der Waals surface area contributed by atoms with Crippen molar-refractivity contribution in [1.82, 2.24) is 9.97 Å². The van der Waals surface area contributed by atoms with Crippen LogP contribution in [-0.4, -0.2) is 15.2 Å². The van der Waals surface area contributed by atoms with E-state index in [-0.39, 0.29) is 0 Å². The smallest absolute Gasteiger partial charge is 0.0925 e. The largest absolute Gasteiger partial charge is 0.378 e. The van der Waals surface area contributed by atoms with Crippen LogP contribution in [0.15, 0.2) is 35.5 Å². The van der Waals surface area contributed by atoms with E-state index in [2.05, 4.69) is 46.5 Å². The lowest BCUT2D eigenvalue weighted by Gasteiger charge is -2.14. The Bertz CT molecular complexity index is 558. The van der Waals surface area contributed by atoms with Gasteiger partial charge in [-0.2, -0.15) is 0 Å². The van der Waals surface area contributed by atoms with Crippen molar-refractivity contribution in [1.29, 1.82) is 0 Å². The summed E-state index contributed by atoms with van der Waals surface area (Å²) in [7, 11) is 0. The molecule has 2 aromatic rings. The van der Waals surface area contributed by atoms with Gasteiger partial charge in [0, 0.05) is 21.5 Å². The monoisotopic (exact) mass is 287 g/mol. The quantitative estimate of drug-likeness (QED) is 0.858. The number of aromatic amines is 1. The second-order valence-corrected chi connectivity index (χ2v) is 6.69. The van der Waals surface area contributed by atoms with Gasteiger partial charge in [-0.15, -0.1) is 11.8 Å². The molecule has 1 saturated carbocycles. The van der Waals surface area contributed by atoms with Crippen molar-refractivity contribution in [2.45, 2.75) is 49.3 Å². The topological polar surface area (TPSA) is 40.7 Å². The number of rotatable bonds is 5. The number of thioether (sulfide) groups is 1. The molecular weight excluding hydrogens is 266 g/mol. The van der Waals surface area contributed by atoms with Gasteiger partial charge < -0.3 is 10.3 Å². The van der Waals surface area contributed by atoms with Crippen molar-refractivity contribution >= 4 is 17.4 Å². The molecule has 106 valence electrons. The maximum atomic E-state index is 4.34. The lowest BCUT2D eigenvalue weighted by atomic mass is 10.3. The normalized spacial score (nSPS) is 15.7. The lowest BCUT2D eigenvalue weighted by molar-refractivity contribution is 0.886. The van der Waals surface area contributed by atoms with Crippen LogP contribution in [0.25, 0.3) is 0 Å². The standard InChI is InChI=1S/C16H21N3S/c1-12-15(19-11-18-12)10-17-14-8-4-5-9-16(14)20-13-6-2-3-7-13/h4-5,8-9,11,13,17H,2-3,6-7,10H2,1H3,(H,18,19). The SMILES string of the molecule is Cc1[nH]cnc1CNc1ccccc1SC1CCCC1. The molecule has 1 heterocycles. The second kappa shape index (κ2) is 6.35. The molecule has 1 aromatic heterocycles. The second-order valence-electron chi connectivity index (χ2n) is 5.35. The highest BCUT2D eigenvalue weighted by Crippen LogP contribution is 2.38. The fourth-order valence-corrected chi connectivity index (χ4v) is 4.00. The molecule has 0 bridgehead atoms. The highest BCUT2D eigenvalue weighted by molar-refractivity contribution is 8.00. The van der Waals surface area contributed by atoms with Crippen molar-refractivity contribution in [2.24, 2.45) is 0 Å². The maximum Gasteiger partial charge on any atom is 0.0925 e. The van der Waals surface area contributed by atoms with Gasteiger partial charge in [0.15, 0.2) is 0 Å². The van der Waals surface area contributed by atoms with E-state index < -0.39 is 0 Å². The van der Waals surface area contributed by atoms with Crippen LogP contribution in [0.4, 0.5) is 5.69 Å². The first-order valence-corrected chi connectivity index (χ1v) is 8.19. The Morgan fingerprint density at radius 1 is 1.30 bits per heavy atom. The minimum Gasteiger partial charge on any atom is -0.378 e.